The van der Waals surface area contributed by atoms with Crippen LogP contribution in [0.3, 0.4) is 0 Å². The lowest BCUT2D eigenvalue weighted by Gasteiger charge is -2.32. The van der Waals surface area contributed by atoms with Gasteiger partial charge in [-0.3, -0.25) is 0 Å². The molecule has 15 heavy (non-hydrogen) atoms. The highest BCUT2D eigenvalue weighted by atomic mass is 32.2. The molecule has 1 heterocycles. The number of likely N-dealkylation sites (tertiary alicyclic amines) is 1. The molecule has 0 aromatic heterocycles. The van der Waals surface area contributed by atoms with Crippen LogP contribution >= 0.6 is 0 Å². The average molecular weight is 232 g/mol. The second kappa shape index (κ2) is 7.23. The van der Waals surface area contributed by atoms with Gasteiger partial charge in [-0.1, -0.05) is 13.3 Å². The molecule has 1 rings (SSSR count). The van der Waals surface area contributed by atoms with Crippen molar-refractivity contribution in [3.05, 3.63) is 6.92 Å². The van der Waals surface area contributed by atoms with Crippen LogP contribution in [-0.4, -0.2) is 38.7 Å². The van der Waals surface area contributed by atoms with E-state index >= 15 is 0 Å². The fourth-order valence-electron chi connectivity index (χ4n) is 2.30. The summed E-state index contributed by atoms with van der Waals surface area (Å²) in [6.07, 6.45) is 5.60. The third-order valence-electron chi connectivity index (χ3n) is 3.03. The molecule has 1 fully saturated rings. The molecule has 0 bridgehead atoms. The Bertz CT molecular complexity index is 231. The normalized spacial score (nSPS) is 23.5. The summed E-state index contributed by atoms with van der Waals surface area (Å²) >= 11 is 0. The smallest absolute Gasteiger partial charge is 0.140 e. The molecule has 0 aromatic carbocycles. The van der Waals surface area contributed by atoms with Crippen molar-refractivity contribution in [1.29, 1.82) is 0 Å². The third-order valence-corrected chi connectivity index (χ3v) is 3.71. The monoisotopic (exact) mass is 232 g/mol. The Morgan fingerprint density at radius 2 is 2.20 bits per heavy atom. The molecule has 0 N–H and O–H groups in total. The van der Waals surface area contributed by atoms with Crippen LogP contribution in [0.2, 0.25) is 0 Å². The van der Waals surface area contributed by atoms with Gasteiger partial charge in [0.25, 0.3) is 0 Å². The topological polar surface area (TPSA) is 37.4 Å². The summed E-state index contributed by atoms with van der Waals surface area (Å²) in [4.78, 5) is 2.41. The maximum Gasteiger partial charge on any atom is 0.140 e. The lowest BCUT2D eigenvalue weighted by Crippen LogP contribution is -2.36. The standard InChI is InChI=1S/C11H22NO2S/c1-2-5-11-6-3-7-12(10-11)8-4-9-15(13)14/h11,15H,1-10H2. The van der Waals surface area contributed by atoms with E-state index in [1.54, 1.807) is 0 Å². The zero-order valence-electron chi connectivity index (χ0n) is 9.36. The van der Waals surface area contributed by atoms with Gasteiger partial charge in [0.05, 0.1) is 0 Å². The van der Waals surface area contributed by atoms with Gasteiger partial charge in [0.15, 0.2) is 0 Å². The van der Waals surface area contributed by atoms with E-state index in [4.69, 9.17) is 0 Å². The second-order valence-corrected chi connectivity index (χ2v) is 5.47. The summed E-state index contributed by atoms with van der Waals surface area (Å²) in [7, 11) is -2.18. The first kappa shape index (κ1) is 13.0. The van der Waals surface area contributed by atoms with Crippen LogP contribution in [0.4, 0.5) is 0 Å². The van der Waals surface area contributed by atoms with Gasteiger partial charge in [-0.05, 0) is 44.7 Å². The number of hydrogen-bond acceptors (Lipinski definition) is 3. The summed E-state index contributed by atoms with van der Waals surface area (Å²) < 4.78 is 20.8. The third kappa shape index (κ3) is 5.52. The quantitative estimate of drug-likeness (QED) is 0.702. The molecule has 0 spiro atoms. The summed E-state index contributed by atoms with van der Waals surface area (Å²) in [5.41, 5.74) is 0. The first-order valence-electron chi connectivity index (χ1n) is 5.85. The minimum atomic E-state index is -2.18. The number of piperidine rings is 1. The van der Waals surface area contributed by atoms with Crippen molar-refractivity contribution in [1.82, 2.24) is 4.90 Å². The molecule has 0 aromatic rings. The highest BCUT2D eigenvalue weighted by molar-refractivity contribution is 7.72. The van der Waals surface area contributed by atoms with Crippen LogP contribution in [0.1, 0.15) is 32.1 Å². The first-order valence-corrected chi connectivity index (χ1v) is 7.22. The van der Waals surface area contributed by atoms with Crippen molar-refractivity contribution >= 4 is 10.7 Å². The van der Waals surface area contributed by atoms with E-state index in [-0.39, 0.29) is 0 Å². The molecule has 0 amide bonds. The fourth-order valence-corrected chi connectivity index (χ4v) is 2.70. The Labute approximate surface area is 94.8 Å². The molecule has 1 atom stereocenters. The van der Waals surface area contributed by atoms with Crippen molar-refractivity contribution in [3.63, 3.8) is 0 Å². The molecule has 89 valence electrons. The molecule has 1 aliphatic rings. The van der Waals surface area contributed by atoms with Crippen molar-refractivity contribution in [3.8, 4) is 0 Å². The summed E-state index contributed by atoms with van der Waals surface area (Å²) in [6.45, 7) is 7.12. The van der Waals surface area contributed by atoms with E-state index in [1.807, 2.05) is 0 Å². The van der Waals surface area contributed by atoms with Gasteiger partial charge < -0.3 is 4.90 Å². The number of hydrogen-bond donors (Lipinski definition) is 1. The Balaban J connectivity index is 2.18. The number of thiol groups is 1. The van der Waals surface area contributed by atoms with E-state index in [1.165, 1.54) is 19.3 Å². The van der Waals surface area contributed by atoms with E-state index in [9.17, 15) is 8.42 Å². The highest BCUT2D eigenvalue weighted by Gasteiger charge is 2.18. The molecule has 0 saturated carbocycles. The predicted octanol–water partition coefficient (Wildman–Crippen LogP) is 1.31. The molecular weight excluding hydrogens is 210 g/mol. The maximum absolute atomic E-state index is 10.4. The van der Waals surface area contributed by atoms with E-state index in [2.05, 4.69) is 11.8 Å². The van der Waals surface area contributed by atoms with Gasteiger partial charge >= 0.3 is 0 Å². The maximum atomic E-state index is 10.4. The van der Waals surface area contributed by atoms with Gasteiger partial charge in [0.2, 0.25) is 0 Å². The van der Waals surface area contributed by atoms with Gasteiger partial charge in [0, 0.05) is 12.3 Å². The lowest BCUT2D eigenvalue weighted by atomic mass is 9.94. The van der Waals surface area contributed by atoms with Crippen molar-refractivity contribution in [2.24, 2.45) is 5.92 Å². The van der Waals surface area contributed by atoms with E-state index in [0.717, 1.165) is 38.4 Å². The van der Waals surface area contributed by atoms with Gasteiger partial charge in [-0.25, -0.2) is 8.42 Å². The zero-order chi connectivity index (χ0) is 11.1. The minimum Gasteiger partial charge on any atom is -0.303 e. The summed E-state index contributed by atoms with van der Waals surface area (Å²) in [5.74, 6) is 1.13. The largest absolute Gasteiger partial charge is 0.303 e. The highest BCUT2D eigenvalue weighted by Crippen LogP contribution is 2.20. The molecule has 3 nitrogen and oxygen atoms in total. The van der Waals surface area contributed by atoms with Gasteiger partial charge in [-0.2, -0.15) is 0 Å². The lowest BCUT2D eigenvalue weighted by molar-refractivity contribution is 0.170. The molecule has 1 radical (unpaired) electrons. The molecule has 4 heteroatoms. The molecule has 1 aliphatic heterocycles. The van der Waals surface area contributed by atoms with Crippen molar-refractivity contribution in [2.75, 3.05) is 25.4 Å². The fraction of sp³-hybridized carbons (Fsp3) is 0.909. The van der Waals surface area contributed by atoms with Crippen molar-refractivity contribution in [2.45, 2.75) is 32.1 Å². The number of nitrogens with zero attached hydrogens (tertiary/aromatic N) is 1. The van der Waals surface area contributed by atoms with E-state index < -0.39 is 10.7 Å². The minimum absolute atomic E-state index is 0.339. The molecule has 1 saturated heterocycles. The van der Waals surface area contributed by atoms with Crippen molar-refractivity contribution < 1.29 is 8.42 Å². The Hall–Kier alpha value is -0.0900. The second-order valence-electron chi connectivity index (χ2n) is 4.36. The Morgan fingerprint density at radius 3 is 2.87 bits per heavy atom. The van der Waals surface area contributed by atoms with Gasteiger partial charge in [0.1, 0.15) is 10.7 Å². The summed E-state index contributed by atoms with van der Waals surface area (Å²) in [6, 6.07) is 0. The first-order chi connectivity index (χ1) is 7.22. The van der Waals surface area contributed by atoms with Crippen LogP contribution < -0.4 is 0 Å². The average Bonchev–Trinajstić information content (AvgIpc) is 2.18. The molecule has 0 aliphatic carbocycles. The van der Waals surface area contributed by atoms with Crippen LogP contribution in [0.25, 0.3) is 0 Å². The van der Waals surface area contributed by atoms with E-state index in [0.29, 0.717) is 5.75 Å². The predicted molar refractivity (Wildman–Crippen MR) is 63.6 cm³/mol. The Kier molecular flexibility index (Phi) is 6.25. The SMILES string of the molecule is [CH2]CCC1CCCN(CCC[SH](=O)=O)C1. The molecular formula is C11H22NO2S. The van der Waals surface area contributed by atoms with Crippen LogP contribution in [0.5, 0.6) is 0 Å². The van der Waals surface area contributed by atoms with Crippen LogP contribution in [0, 0.1) is 12.8 Å². The van der Waals surface area contributed by atoms with Crippen LogP contribution in [0.15, 0.2) is 0 Å². The zero-order valence-corrected chi connectivity index (χ0v) is 10.3. The summed E-state index contributed by atoms with van der Waals surface area (Å²) in [5, 5.41) is 0. The Morgan fingerprint density at radius 1 is 1.40 bits per heavy atom. The van der Waals surface area contributed by atoms with Gasteiger partial charge in [-0.15, -0.1) is 0 Å². The molecule has 1 unspecified atom stereocenters. The number of rotatable bonds is 6. The van der Waals surface area contributed by atoms with Crippen LogP contribution in [-0.2, 0) is 10.7 Å².